The lowest BCUT2D eigenvalue weighted by molar-refractivity contribution is -0.138. The third-order valence-corrected chi connectivity index (χ3v) is 10.8. The van der Waals surface area contributed by atoms with Crippen LogP contribution in [-0.2, 0) is 16.9 Å². The first kappa shape index (κ1) is 38.5. The molecule has 1 heterocycles. The van der Waals surface area contributed by atoms with Gasteiger partial charge in [0.15, 0.2) is 0 Å². The molecule has 2 aromatic carbocycles. The summed E-state index contributed by atoms with van der Waals surface area (Å²) in [5.41, 5.74) is 4.24. The molecule has 2 aliphatic rings. The summed E-state index contributed by atoms with van der Waals surface area (Å²) in [5.74, 6) is 1.41. The predicted molar refractivity (Wildman–Crippen MR) is 195 cm³/mol. The predicted octanol–water partition coefficient (Wildman–Crippen LogP) is 4.66. The van der Waals surface area contributed by atoms with Gasteiger partial charge in [-0.25, -0.2) is 0 Å². The van der Waals surface area contributed by atoms with Gasteiger partial charge in [-0.05, 0) is 104 Å². The van der Waals surface area contributed by atoms with Gasteiger partial charge < -0.3 is 40.5 Å². The molecular weight excluding hydrogens is 678 g/mol. The van der Waals surface area contributed by atoms with Crippen LogP contribution in [0.3, 0.4) is 0 Å². The highest BCUT2D eigenvalue weighted by atomic mass is 35.5. The van der Waals surface area contributed by atoms with Gasteiger partial charge in [0.25, 0.3) is 0 Å². The van der Waals surface area contributed by atoms with Crippen molar-refractivity contribution in [1.29, 1.82) is 0 Å². The summed E-state index contributed by atoms with van der Waals surface area (Å²) in [6.07, 6.45) is 6.11. The molecule has 0 radical (unpaired) electrons. The van der Waals surface area contributed by atoms with E-state index >= 15 is 0 Å². The van der Waals surface area contributed by atoms with Gasteiger partial charge in [0.1, 0.15) is 18.0 Å². The van der Waals surface area contributed by atoms with E-state index in [2.05, 4.69) is 40.6 Å². The highest BCUT2D eigenvalue weighted by Gasteiger charge is 2.46. The number of aliphatic hydroxyl groups is 5. The first-order valence-corrected chi connectivity index (χ1v) is 19.0. The number of hydrogen-bond acceptors (Lipinski definition) is 10. The molecule has 2 aliphatic carbocycles. The zero-order chi connectivity index (χ0) is 35.5. The van der Waals surface area contributed by atoms with E-state index in [1.165, 1.54) is 5.56 Å². The molecule has 272 valence electrons. The normalized spacial score (nSPS) is 16.8. The van der Waals surface area contributed by atoms with Gasteiger partial charge in [0, 0.05) is 59.7 Å². The number of amides is 1. The van der Waals surface area contributed by atoms with Crippen molar-refractivity contribution in [3.8, 4) is 16.9 Å². The number of para-hydroxylation sites is 1. The van der Waals surface area contributed by atoms with Gasteiger partial charge in [-0.15, -0.1) is 11.8 Å². The van der Waals surface area contributed by atoms with Crippen molar-refractivity contribution in [2.24, 2.45) is 0 Å². The summed E-state index contributed by atoms with van der Waals surface area (Å²) in [4.78, 5) is 20.2. The molecule has 0 spiro atoms. The number of carbonyl (C=O) groups excluding carboxylic acids is 1. The summed E-state index contributed by atoms with van der Waals surface area (Å²) in [7, 11) is 0. The molecule has 2 fully saturated rings. The Morgan fingerprint density at radius 1 is 1.00 bits per heavy atom. The lowest BCUT2D eigenvalue weighted by Crippen LogP contribution is -2.43. The molecule has 12 heteroatoms. The van der Waals surface area contributed by atoms with E-state index in [9.17, 15) is 25.2 Å². The number of hydrogen-bond donors (Lipinski definition) is 6. The number of ether oxygens (including phenoxy) is 1. The maximum atomic E-state index is 12.9. The third-order valence-electron chi connectivity index (χ3n) is 9.36. The quantitative estimate of drug-likeness (QED) is 0.0636. The molecule has 0 bridgehead atoms. The van der Waals surface area contributed by atoms with Crippen LogP contribution in [0.1, 0.15) is 68.9 Å². The first-order valence-electron chi connectivity index (χ1n) is 17.6. The minimum atomic E-state index is -1.61. The van der Waals surface area contributed by atoms with Gasteiger partial charge in [0.05, 0.1) is 25.2 Å². The standard InChI is InChI=1S/C38H50ClN3O7S/c39-32-12-11-28(50-20-6-4-18-42(17-3-5-19-43)36(47)22-33(45)37(48)34(46)25-44)21-26(32)23-41-38(14-15-38)31-24-40-16-13-29(31)30-7-1-2-8-35(30)49-27-9-10-27/h1-2,7-8,11-13,16,21,24,27,33-34,37,41,43-46,48H,3-6,9-10,14-15,17-20,22-23,25H2. The van der Waals surface area contributed by atoms with E-state index in [-0.39, 0.29) is 24.5 Å². The highest BCUT2D eigenvalue weighted by Crippen LogP contribution is 2.50. The van der Waals surface area contributed by atoms with Crippen molar-refractivity contribution in [3.63, 3.8) is 0 Å². The molecular formula is C38H50ClN3O7S. The maximum absolute atomic E-state index is 12.9. The SMILES string of the molecule is O=C(CC(O)C(O)C(O)CO)N(CCCCO)CCCCSc1ccc(Cl)c(CNC2(c3cnccc3-c3ccccc3OC3CC3)CC2)c1. The molecule has 3 aromatic rings. The van der Waals surface area contributed by atoms with Crippen molar-refractivity contribution in [2.75, 3.05) is 32.1 Å². The van der Waals surface area contributed by atoms with Crippen LogP contribution in [-0.4, -0.2) is 97.8 Å². The lowest BCUT2D eigenvalue weighted by Gasteiger charge is -2.26. The fraction of sp³-hybridized carbons (Fsp3) is 0.526. The van der Waals surface area contributed by atoms with E-state index in [0.717, 1.165) is 71.6 Å². The highest BCUT2D eigenvalue weighted by molar-refractivity contribution is 7.99. The second kappa shape index (κ2) is 18.7. The van der Waals surface area contributed by atoms with Crippen LogP contribution in [0, 0.1) is 0 Å². The van der Waals surface area contributed by atoms with Crippen molar-refractivity contribution in [1.82, 2.24) is 15.2 Å². The molecule has 0 aliphatic heterocycles. The average molecular weight is 728 g/mol. The number of benzene rings is 2. The Morgan fingerprint density at radius 2 is 1.76 bits per heavy atom. The summed E-state index contributed by atoms with van der Waals surface area (Å²) in [5, 5.41) is 52.5. The average Bonchev–Trinajstić information content (AvgIpc) is 4.08. The molecule has 6 N–H and O–H groups in total. The third kappa shape index (κ3) is 10.6. The molecule has 10 nitrogen and oxygen atoms in total. The van der Waals surface area contributed by atoms with Crippen molar-refractivity contribution in [2.45, 2.75) is 99.2 Å². The number of carbonyl (C=O) groups is 1. The van der Waals surface area contributed by atoms with Crippen LogP contribution in [0.25, 0.3) is 11.1 Å². The van der Waals surface area contributed by atoms with Gasteiger partial charge in [-0.3, -0.25) is 9.78 Å². The van der Waals surface area contributed by atoms with Gasteiger partial charge >= 0.3 is 0 Å². The summed E-state index contributed by atoms with van der Waals surface area (Å²) in [6.45, 7) is 0.824. The molecule has 0 saturated heterocycles. The van der Waals surface area contributed by atoms with E-state index < -0.39 is 24.9 Å². The summed E-state index contributed by atoms with van der Waals surface area (Å²) in [6, 6.07) is 16.4. The molecule has 3 unspecified atom stereocenters. The molecule has 50 heavy (non-hydrogen) atoms. The molecule has 2 saturated carbocycles. The Labute approximate surface area is 303 Å². The zero-order valence-corrected chi connectivity index (χ0v) is 30.0. The van der Waals surface area contributed by atoms with Gasteiger partial charge in [0.2, 0.25) is 5.91 Å². The molecule has 5 rings (SSSR count). The number of thioether (sulfide) groups is 1. The Kier molecular flexibility index (Phi) is 14.4. The smallest absolute Gasteiger partial charge is 0.225 e. The Balaban J connectivity index is 1.14. The molecule has 1 aromatic heterocycles. The van der Waals surface area contributed by atoms with Crippen LogP contribution < -0.4 is 10.1 Å². The maximum Gasteiger partial charge on any atom is 0.225 e. The largest absolute Gasteiger partial charge is 0.490 e. The van der Waals surface area contributed by atoms with E-state index in [4.69, 9.17) is 21.4 Å². The topological polar surface area (TPSA) is 156 Å². The Morgan fingerprint density at radius 3 is 2.48 bits per heavy atom. The Bertz CT molecular complexity index is 1540. The van der Waals surface area contributed by atoms with E-state index in [0.29, 0.717) is 43.6 Å². The van der Waals surface area contributed by atoms with Gasteiger partial charge in [-0.1, -0.05) is 29.8 Å². The number of aromatic nitrogens is 1. The number of rotatable bonds is 22. The van der Waals surface area contributed by atoms with Crippen molar-refractivity contribution in [3.05, 3.63) is 77.1 Å². The minimum absolute atomic E-state index is 0.0249. The second-order valence-electron chi connectivity index (χ2n) is 13.3. The first-order chi connectivity index (χ1) is 24.2. The summed E-state index contributed by atoms with van der Waals surface area (Å²) >= 11 is 8.41. The number of nitrogens with zero attached hydrogens (tertiary/aromatic N) is 2. The van der Waals surface area contributed by atoms with Gasteiger partial charge in [-0.2, -0.15) is 0 Å². The fourth-order valence-corrected chi connectivity index (χ4v) is 7.20. The number of aliphatic hydroxyl groups excluding tert-OH is 5. The van der Waals surface area contributed by atoms with Crippen LogP contribution in [0.15, 0.2) is 65.8 Å². The monoisotopic (exact) mass is 727 g/mol. The number of unbranched alkanes of at least 4 members (excludes halogenated alkanes) is 2. The summed E-state index contributed by atoms with van der Waals surface area (Å²) < 4.78 is 6.26. The van der Waals surface area contributed by atoms with Crippen molar-refractivity contribution >= 4 is 29.3 Å². The minimum Gasteiger partial charge on any atom is -0.490 e. The fourth-order valence-electron chi connectivity index (χ4n) is 6.04. The second-order valence-corrected chi connectivity index (χ2v) is 14.9. The number of nitrogens with one attached hydrogen (secondary N) is 1. The van der Waals surface area contributed by atoms with Crippen LogP contribution >= 0.6 is 23.4 Å². The molecule has 3 atom stereocenters. The lowest BCUT2D eigenvalue weighted by atomic mass is 9.94. The number of pyridine rings is 1. The van der Waals surface area contributed by atoms with E-state index in [1.54, 1.807) is 16.7 Å². The zero-order valence-electron chi connectivity index (χ0n) is 28.4. The van der Waals surface area contributed by atoms with Crippen molar-refractivity contribution < 1.29 is 35.1 Å². The van der Waals surface area contributed by atoms with Crippen LogP contribution in [0.5, 0.6) is 5.75 Å². The number of halogens is 1. The van der Waals surface area contributed by atoms with Crippen LogP contribution in [0.2, 0.25) is 5.02 Å². The molecule has 1 amide bonds. The Hall–Kier alpha value is -2.74. The van der Waals surface area contributed by atoms with E-state index in [1.807, 2.05) is 30.6 Å². The van der Waals surface area contributed by atoms with Crippen LogP contribution in [0.4, 0.5) is 0 Å².